The first kappa shape index (κ1) is 16.0. The summed E-state index contributed by atoms with van der Waals surface area (Å²) in [4.78, 5) is 14.9. The van der Waals surface area contributed by atoms with Crippen LogP contribution in [0.15, 0.2) is 72.8 Å². The summed E-state index contributed by atoms with van der Waals surface area (Å²) < 4.78 is 0. The minimum atomic E-state index is -0.333. The Kier molecular flexibility index (Phi) is 4.12. The van der Waals surface area contributed by atoms with Gasteiger partial charge in [0.2, 0.25) is 0 Å². The zero-order chi connectivity index (χ0) is 17.4. The summed E-state index contributed by atoms with van der Waals surface area (Å²) in [5, 5.41) is 4.74. The molecule has 1 amide bonds. The topological polar surface area (TPSA) is 32.3 Å². The molecule has 0 saturated carbocycles. The Morgan fingerprint density at radius 3 is 2.08 bits per heavy atom. The molecule has 25 heavy (non-hydrogen) atoms. The van der Waals surface area contributed by atoms with E-state index in [2.05, 4.69) is 5.32 Å². The van der Waals surface area contributed by atoms with Crippen LogP contribution < -0.4 is 10.2 Å². The zero-order valence-corrected chi connectivity index (χ0v) is 14.6. The van der Waals surface area contributed by atoms with Gasteiger partial charge in [-0.15, -0.1) is 0 Å². The first-order valence-corrected chi connectivity index (χ1v) is 8.59. The number of hydrogen-bond donors (Lipinski definition) is 1. The summed E-state index contributed by atoms with van der Waals surface area (Å²) in [7, 11) is 0. The average Bonchev–Trinajstić information content (AvgIpc) is 2.63. The van der Waals surface area contributed by atoms with Crippen molar-refractivity contribution < 1.29 is 4.79 Å². The Hall–Kier alpha value is -2.49. The second kappa shape index (κ2) is 6.43. The van der Waals surface area contributed by atoms with Crippen molar-refractivity contribution in [1.82, 2.24) is 0 Å². The highest BCUT2D eigenvalue weighted by Gasteiger charge is 2.33. The van der Waals surface area contributed by atoms with Crippen LogP contribution in [0.1, 0.15) is 22.1 Å². The molecule has 0 aliphatic carbocycles. The number of anilines is 2. The molecule has 4 rings (SSSR count). The predicted molar refractivity (Wildman–Crippen MR) is 103 cm³/mol. The van der Waals surface area contributed by atoms with E-state index >= 15 is 0 Å². The van der Waals surface area contributed by atoms with Gasteiger partial charge < -0.3 is 5.32 Å². The number of rotatable bonds is 2. The molecular weight excluding hydrogens is 355 g/mol. The largest absolute Gasteiger partial charge is 0.360 e. The molecule has 124 valence electrons. The number of hydrogen-bond acceptors (Lipinski definition) is 2. The maximum atomic E-state index is 13.2. The molecule has 3 aromatic carbocycles. The summed E-state index contributed by atoms with van der Waals surface area (Å²) in [6, 6.07) is 22.3. The third-order valence-corrected chi connectivity index (χ3v) is 4.72. The van der Waals surface area contributed by atoms with Gasteiger partial charge in [0.25, 0.3) is 5.91 Å². The maximum Gasteiger partial charge on any atom is 0.262 e. The maximum absolute atomic E-state index is 13.2. The first-order valence-electron chi connectivity index (χ1n) is 7.83. The summed E-state index contributed by atoms with van der Waals surface area (Å²) in [6.45, 7) is 0. The van der Waals surface area contributed by atoms with Crippen LogP contribution in [0.2, 0.25) is 10.0 Å². The quantitative estimate of drug-likeness (QED) is 0.623. The molecule has 5 heteroatoms. The molecule has 1 atom stereocenters. The van der Waals surface area contributed by atoms with E-state index < -0.39 is 0 Å². The molecule has 0 saturated heterocycles. The minimum absolute atomic E-state index is 0.0587. The van der Waals surface area contributed by atoms with Crippen molar-refractivity contribution in [3.63, 3.8) is 0 Å². The van der Waals surface area contributed by atoms with Crippen LogP contribution in [-0.4, -0.2) is 5.91 Å². The van der Waals surface area contributed by atoms with Crippen molar-refractivity contribution in [3.05, 3.63) is 94.0 Å². The molecule has 0 aromatic heterocycles. The van der Waals surface area contributed by atoms with Gasteiger partial charge in [0.15, 0.2) is 0 Å². The van der Waals surface area contributed by atoms with Gasteiger partial charge in [-0.25, -0.2) is 0 Å². The average molecular weight is 369 g/mol. The molecule has 1 N–H and O–H groups in total. The summed E-state index contributed by atoms with van der Waals surface area (Å²) in [6.07, 6.45) is -0.333. The van der Waals surface area contributed by atoms with Crippen LogP contribution in [0, 0.1) is 0 Å². The molecule has 1 aliphatic heterocycles. The molecule has 0 spiro atoms. The fourth-order valence-corrected chi connectivity index (χ4v) is 3.25. The highest BCUT2D eigenvalue weighted by molar-refractivity contribution is 6.31. The monoisotopic (exact) mass is 368 g/mol. The van der Waals surface area contributed by atoms with Gasteiger partial charge in [-0.3, -0.25) is 9.69 Å². The summed E-state index contributed by atoms with van der Waals surface area (Å²) in [5.74, 6) is -0.0587. The Labute approximate surface area is 155 Å². The number of amides is 1. The number of benzene rings is 3. The van der Waals surface area contributed by atoms with Crippen LogP contribution in [0.4, 0.5) is 11.4 Å². The van der Waals surface area contributed by atoms with Gasteiger partial charge in [0, 0.05) is 21.4 Å². The highest BCUT2D eigenvalue weighted by Crippen LogP contribution is 2.37. The van der Waals surface area contributed by atoms with Gasteiger partial charge in [-0.2, -0.15) is 0 Å². The second-order valence-corrected chi connectivity index (χ2v) is 6.67. The third-order valence-electron chi connectivity index (χ3n) is 4.22. The SMILES string of the molecule is O=C1c2ccccc2N[C@H](c2ccc(Cl)cc2)N1c1ccc(Cl)cc1. The molecule has 3 aromatic rings. The van der Waals surface area contributed by atoms with Crippen LogP contribution in [-0.2, 0) is 0 Å². The van der Waals surface area contributed by atoms with E-state index in [9.17, 15) is 4.79 Å². The summed E-state index contributed by atoms with van der Waals surface area (Å²) >= 11 is 12.0. The summed E-state index contributed by atoms with van der Waals surface area (Å²) in [5.41, 5.74) is 3.18. The van der Waals surface area contributed by atoms with Gasteiger partial charge in [0.05, 0.1) is 5.56 Å². The molecule has 1 aliphatic rings. The number of carbonyl (C=O) groups excluding carboxylic acids is 1. The fraction of sp³-hybridized carbons (Fsp3) is 0.0500. The molecule has 0 fully saturated rings. The van der Waals surface area contributed by atoms with Crippen LogP contribution in [0.5, 0.6) is 0 Å². The Balaban J connectivity index is 1.85. The van der Waals surface area contributed by atoms with Crippen LogP contribution >= 0.6 is 23.2 Å². The molecule has 0 radical (unpaired) electrons. The van der Waals surface area contributed by atoms with Crippen molar-refractivity contribution in [2.75, 3.05) is 10.2 Å². The smallest absolute Gasteiger partial charge is 0.262 e. The number of nitrogens with zero attached hydrogens (tertiary/aromatic N) is 1. The van der Waals surface area contributed by atoms with Crippen molar-refractivity contribution in [2.45, 2.75) is 6.17 Å². The number of fused-ring (bicyclic) bond motifs is 1. The zero-order valence-electron chi connectivity index (χ0n) is 13.1. The lowest BCUT2D eigenvalue weighted by molar-refractivity contribution is 0.0975. The highest BCUT2D eigenvalue weighted by atomic mass is 35.5. The minimum Gasteiger partial charge on any atom is -0.360 e. The van der Waals surface area contributed by atoms with Crippen LogP contribution in [0.25, 0.3) is 0 Å². The fourth-order valence-electron chi connectivity index (χ4n) is 3.00. The van der Waals surface area contributed by atoms with Gasteiger partial charge in [0.1, 0.15) is 6.17 Å². The van der Waals surface area contributed by atoms with E-state index in [1.165, 1.54) is 0 Å². The van der Waals surface area contributed by atoms with Crippen molar-refractivity contribution in [1.29, 1.82) is 0 Å². The molecule has 3 nitrogen and oxygen atoms in total. The number of nitrogens with one attached hydrogen (secondary N) is 1. The lowest BCUT2D eigenvalue weighted by Gasteiger charge is -2.38. The molecule has 1 heterocycles. The number of para-hydroxylation sites is 1. The van der Waals surface area contributed by atoms with Crippen molar-refractivity contribution in [2.24, 2.45) is 0 Å². The Morgan fingerprint density at radius 2 is 1.40 bits per heavy atom. The Morgan fingerprint density at radius 1 is 0.800 bits per heavy atom. The van der Waals surface area contributed by atoms with E-state index in [0.29, 0.717) is 15.6 Å². The normalized spacial score (nSPS) is 16.3. The third kappa shape index (κ3) is 2.97. The molecule has 0 bridgehead atoms. The van der Waals surface area contributed by atoms with Crippen molar-refractivity contribution in [3.8, 4) is 0 Å². The van der Waals surface area contributed by atoms with E-state index in [1.807, 2.05) is 60.7 Å². The van der Waals surface area contributed by atoms with Crippen LogP contribution in [0.3, 0.4) is 0 Å². The lowest BCUT2D eigenvalue weighted by atomic mass is 10.0. The van der Waals surface area contributed by atoms with E-state index in [4.69, 9.17) is 23.2 Å². The molecule has 0 unspecified atom stereocenters. The standard InChI is InChI=1S/C20H14Cl2N2O/c21-14-7-5-13(6-8-14)19-23-18-4-2-1-3-17(18)20(25)24(19)16-11-9-15(22)10-12-16/h1-12,19,23H/t19-/m0/s1. The number of carbonyl (C=O) groups is 1. The van der Waals surface area contributed by atoms with Crippen molar-refractivity contribution >= 4 is 40.5 Å². The van der Waals surface area contributed by atoms with E-state index in [-0.39, 0.29) is 12.1 Å². The Bertz CT molecular complexity index is 923. The van der Waals surface area contributed by atoms with Gasteiger partial charge >= 0.3 is 0 Å². The van der Waals surface area contributed by atoms with E-state index in [0.717, 1.165) is 16.9 Å². The van der Waals surface area contributed by atoms with Gasteiger partial charge in [-0.05, 0) is 54.1 Å². The predicted octanol–water partition coefficient (Wildman–Crippen LogP) is 5.76. The van der Waals surface area contributed by atoms with E-state index in [1.54, 1.807) is 17.0 Å². The molecular formula is C20H14Cl2N2O. The van der Waals surface area contributed by atoms with Gasteiger partial charge in [-0.1, -0.05) is 47.5 Å². The first-order chi connectivity index (χ1) is 12.1. The lowest BCUT2D eigenvalue weighted by Crippen LogP contribution is -2.43. The number of halogens is 2. The second-order valence-electron chi connectivity index (χ2n) is 5.80.